The van der Waals surface area contributed by atoms with Gasteiger partial charge in [0.2, 0.25) is 0 Å². The number of carboxylic acid groups (broad SMARTS) is 1. The summed E-state index contributed by atoms with van der Waals surface area (Å²) < 4.78 is 74.2. The minimum Gasteiger partial charge on any atom is -0.481 e. The number of urea groups is 1. The average molecular weight is 937 g/mol. The van der Waals surface area contributed by atoms with Gasteiger partial charge in [0.1, 0.15) is 11.8 Å². The second kappa shape index (κ2) is 20.1. The molecule has 4 saturated heterocycles. The van der Waals surface area contributed by atoms with Gasteiger partial charge in [-0.25, -0.2) is 4.79 Å². The van der Waals surface area contributed by atoms with Gasteiger partial charge in [0, 0.05) is 35.8 Å². The number of nitrogens with one attached hydrogen (secondary N) is 2. The van der Waals surface area contributed by atoms with Crippen LogP contribution in [-0.2, 0) is 39.4 Å². The van der Waals surface area contributed by atoms with Crippen LogP contribution in [0.15, 0.2) is 36.4 Å². The monoisotopic (exact) mass is 937 g/mol. The third kappa shape index (κ3) is 10.4. The Morgan fingerprint density at radius 3 is 2.14 bits per heavy atom. The third-order valence-corrected chi connectivity index (χ3v) is 16.2. The summed E-state index contributed by atoms with van der Waals surface area (Å²) in [7, 11) is 0. The largest absolute Gasteiger partial charge is 0.481 e. The average Bonchev–Trinajstić information content (AvgIpc) is 3.61. The Kier molecular flexibility index (Phi) is 15.9. The maximum atomic E-state index is 14.7. The lowest BCUT2D eigenvalue weighted by Gasteiger charge is -2.55. The highest BCUT2D eigenvalue weighted by Crippen LogP contribution is 2.54. The van der Waals surface area contributed by atoms with Crippen LogP contribution in [0.4, 0.5) is 23.7 Å². The van der Waals surface area contributed by atoms with Crippen molar-refractivity contribution in [3.8, 4) is 0 Å². The van der Waals surface area contributed by atoms with E-state index in [9.17, 15) is 42.9 Å². The summed E-state index contributed by atoms with van der Waals surface area (Å²) in [5.41, 5.74) is -2.62. The Morgan fingerprint density at radius 1 is 0.879 bits per heavy atom. The fraction of sp³-hybridized carbons (Fsp3) is 0.780. The molecule has 0 aliphatic carbocycles. The zero-order valence-electron chi connectivity index (χ0n) is 40.4. The Bertz CT molecular complexity index is 1900. The highest BCUT2D eigenvalue weighted by Gasteiger charge is 2.63. The number of aliphatic hydroxyl groups is 2. The van der Waals surface area contributed by atoms with Gasteiger partial charge in [-0.1, -0.05) is 61.5 Å². The molecule has 16 heteroatoms. The molecule has 5 heterocycles. The molecular weight excluding hydrogens is 862 g/mol. The number of ketones is 1. The topological polar surface area (TPSA) is 182 Å². The van der Waals surface area contributed by atoms with E-state index < -0.39 is 113 Å². The van der Waals surface area contributed by atoms with E-state index in [2.05, 4.69) is 10.6 Å². The van der Waals surface area contributed by atoms with E-state index >= 15 is 0 Å². The molecule has 66 heavy (non-hydrogen) atoms. The molecule has 2 spiro atoms. The van der Waals surface area contributed by atoms with Crippen molar-refractivity contribution in [1.29, 1.82) is 0 Å². The van der Waals surface area contributed by atoms with Gasteiger partial charge in [0.25, 0.3) is 0 Å². The van der Waals surface area contributed by atoms with E-state index in [0.717, 1.165) is 18.6 Å². The minimum atomic E-state index is -4.54. The number of aliphatic hydroxyl groups excluding tert-OH is 1. The van der Waals surface area contributed by atoms with Crippen molar-refractivity contribution in [2.24, 2.45) is 41.4 Å². The van der Waals surface area contributed by atoms with Crippen molar-refractivity contribution in [3.05, 3.63) is 42.0 Å². The summed E-state index contributed by atoms with van der Waals surface area (Å²) in [5, 5.41) is 38.5. The number of aliphatic carboxylic acids is 1. The molecule has 5 N–H and O–H groups in total. The van der Waals surface area contributed by atoms with Gasteiger partial charge < -0.3 is 49.6 Å². The predicted octanol–water partition coefficient (Wildman–Crippen LogP) is 9.04. The van der Waals surface area contributed by atoms with E-state index in [1.807, 2.05) is 62.3 Å². The summed E-state index contributed by atoms with van der Waals surface area (Å²) in [6, 6.07) is 2.53. The lowest BCUT2D eigenvalue weighted by atomic mass is 9.72. The molecule has 1 aromatic rings. The molecule has 0 aromatic heterocycles. The maximum Gasteiger partial charge on any atom is 0.416 e. The quantitative estimate of drug-likeness (QED) is 0.112. The number of benzene rings is 1. The maximum absolute atomic E-state index is 14.7. The van der Waals surface area contributed by atoms with Crippen molar-refractivity contribution in [1.82, 2.24) is 5.32 Å². The van der Waals surface area contributed by atoms with E-state index in [1.165, 1.54) is 12.1 Å². The first kappa shape index (κ1) is 52.3. The summed E-state index contributed by atoms with van der Waals surface area (Å²) in [4.78, 5) is 40.4. The van der Waals surface area contributed by atoms with Crippen molar-refractivity contribution in [2.75, 3.05) is 5.32 Å². The van der Waals surface area contributed by atoms with Gasteiger partial charge in [0.15, 0.2) is 11.6 Å². The first-order valence-electron chi connectivity index (χ1n) is 24.4. The molecule has 1 unspecified atom stereocenters. The molecule has 4 fully saturated rings. The number of carbonyl (C=O) groups is 3. The number of carboxylic acids is 1. The van der Waals surface area contributed by atoms with E-state index in [-0.39, 0.29) is 35.6 Å². The molecule has 0 radical (unpaired) electrons. The SMILES string of the molecule is CC[C@@H](C(=O)[C@@H](C)[C@@H](O)[C@H](C)[C@@H]1O[C@@H]([C@@H](CC)C(=O)O)CC[C@@H]1C)[C@H]1O[C@]2(C=CC(NC(=O)Nc3ccc(C(F)(F)F)cc3)[C@]3(CC[C@@](C)([C@H]4CC[C@](O)(CC)[C@H](C)O4)O3)O2)[C@H](C)C[C@@H]1C. The van der Waals surface area contributed by atoms with Gasteiger partial charge in [-0.05, 0) is 114 Å². The zero-order chi connectivity index (χ0) is 48.7. The zero-order valence-corrected chi connectivity index (χ0v) is 40.4. The number of Topliss-reactive ketones (excluding diaryl/α,β-unsaturated/α-hetero) is 1. The Hall–Kier alpha value is -3.12. The van der Waals surface area contributed by atoms with Crippen LogP contribution in [0.25, 0.3) is 0 Å². The molecule has 1 aromatic carbocycles. The van der Waals surface area contributed by atoms with Gasteiger partial charge >= 0.3 is 18.2 Å². The first-order chi connectivity index (χ1) is 30.9. The Balaban J connectivity index is 1.25. The molecular formula is C50H75F3N2O11. The van der Waals surface area contributed by atoms with Gasteiger partial charge in [-0.3, -0.25) is 9.59 Å². The molecule has 18 atom stereocenters. The van der Waals surface area contributed by atoms with Crippen LogP contribution in [-0.4, -0.2) is 98.5 Å². The van der Waals surface area contributed by atoms with E-state index in [1.54, 1.807) is 19.1 Å². The van der Waals surface area contributed by atoms with Gasteiger partial charge in [0.05, 0.1) is 59.3 Å². The van der Waals surface area contributed by atoms with Crippen LogP contribution in [0.5, 0.6) is 0 Å². The number of amides is 2. The Labute approximate surface area is 388 Å². The normalized spacial score (nSPS) is 39.5. The van der Waals surface area contributed by atoms with Crippen LogP contribution in [0, 0.1) is 41.4 Å². The van der Waals surface area contributed by atoms with Gasteiger partial charge in [-0.15, -0.1) is 0 Å². The summed E-state index contributed by atoms with van der Waals surface area (Å²) in [5.74, 6) is -6.90. The van der Waals surface area contributed by atoms with Crippen LogP contribution < -0.4 is 10.6 Å². The number of hydrogen-bond acceptors (Lipinski definition) is 10. The number of hydrogen-bond donors (Lipinski definition) is 5. The van der Waals surface area contributed by atoms with E-state index in [0.29, 0.717) is 51.4 Å². The molecule has 0 bridgehead atoms. The fourth-order valence-corrected chi connectivity index (χ4v) is 11.7. The summed E-state index contributed by atoms with van der Waals surface area (Å²) >= 11 is 0. The lowest BCUT2D eigenvalue weighted by molar-refractivity contribution is -0.397. The molecule has 6 rings (SSSR count). The smallest absolute Gasteiger partial charge is 0.416 e. The van der Waals surface area contributed by atoms with Gasteiger partial charge in [-0.2, -0.15) is 13.2 Å². The van der Waals surface area contributed by atoms with Crippen LogP contribution in [0.2, 0.25) is 0 Å². The standard InChI is InChI=1S/C50H75F3N2O11/c1-11-35(44(58)59)37-19-14-27(4)42(63-37)31(8)40(56)30(7)41(57)36(12-2)43-28(5)26-29(6)48(64-43)23-20-38(55-45(60)54-34-17-15-33(16-18-34)50(51,52)53)49(66-48)25-24-46(10,65-49)39-21-22-47(61,13-3)32(9)62-39/h15-18,20,23,27-32,35-40,42-43,56,61H,11-14,19,21-22,24-26H2,1-10H3,(H,58,59)(H2,54,55,60)/t27-,28-,29+,30-,31-,32-,35+,36-,37+,38?,39+,40+,42+,43-,46-,47+,48-,49-/m0/s1. The first-order valence-corrected chi connectivity index (χ1v) is 24.4. The molecule has 0 saturated carbocycles. The summed E-state index contributed by atoms with van der Waals surface area (Å²) in [6.45, 7) is 19.1. The molecule has 5 aliphatic rings. The summed E-state index contributed by atoms with van der Waals surface area (Å²) in [6.07, 6.45) is 0.517. The van der Waals surface area contributed by atoms with Crippen LogP contribution in [0.1, 0.15) is 139 Å². The van der Waals surface area contributed by atoms with E-state index in [4.69, 9.17) is 23.7 Å². The lowest BCUT2D eigenvalue weighted by Crippen LogP contribution is -2.66. The predicted molar refractivity (Wildman–Crippen MR) is 240 cm³/mol. The minimum absolute atomic E-state index is 0.0496. The number of carbonyl (C=O) groups excluding carboxylic acids is 2. The second-order valence-electron chi connectivity index (χ2n) is 20.6. The molecule has 372 valence electrons. The van der Waals surface area contributed by atoms with Crippen molar-refractivity contribution >= 4 is 23.5 Å². The van der Waals surface area contributed by atoms with Crippen molar-refractivity contribution < 1.29 is 66.6 Å². The molecule has 13 nitrogen and oxygen atoms in total. The van der Waals surface area contributed by atoms with Crippen molar-refractivity contribution in [3.63, 3.8) is 0 Å². The number of alkyl halides is 3. The Morgan fingerprint density at radius 2 is 1.55 bits per heavy atom. The second-order valence-corrected chi connectivity index (χ2v) is 20.6. The number of ether oxygens (including phenoxy) is 5. The third-order valence-electron chi connectivity index (χ3n) is 16.2. The number of halogens is 3. The fourth-order valence-electron chi connectivity index (χ4n) is 11.7. The highest BCUT2D eigenvalue weighted by atomic mass is 19.4. The molecule has 5 aliphatic heterocycles. The number of anilines is 1. The number of rotatable bonds is 14. The van der Waals surface area contributed by atoms with Crippen LogP contribution in [0.3, 0.4) is 0 Å². The van der Waals surface area contributed by atoms with Crippen LogP contribution >= 0.6 is 0 Å². The highest BCUT2D eigenvalue weighted by molar-refractivity contribution is 5.89. The molecule has 2 amide bonds. The van der Waals surface area contributed by atoms with Crippen molar-refractivity contribution in [2.45, 2.75) is 205 Å².